The maximum absolute atomic E-state index is 10.6. The van der Waals surface area contributed by atoms with Crippen molar-refractivity contribution in [2.75, 3.05) is 13.1 Å². The molecule has 3 rings (SSSR count). The SMILES string of the molecule is Cc1cc(C)n2cc(CN3CC(CC(=O)O)C3)nc2n1. The van der Waals surface area contributed by atoms with Gasteiger partial charge in [-0.25, -0.2) is 9.97 Å². The van der Waals surface area contributed by atoms with E-state index in [0.29, 0.717) is 0 Å². The first-order valence-corrected chi connectivity index (χ1v) is 6.77. The molecule has 3 heterocycles. The minimum atomic E-state index is -0.710. The Balaban J connectivity index is 1.67. The average Bonchev–Trinajstić information content (AvgIpc) is 2.68. The maximum atomic E-state index is 10.6. The zero-order chi connectivity index (χ0) is 14.3. The molecule has 6 nitrogen and oxygen atoms in total. The van der Waals surface area contributed by atoms with Crippen LogP contribution < -0.4 is 0 Å². The van der Waals surface area contributed by atoms with E-state index in [9.17, 15) is 4.79 Å². The lowest BCUT2D eigenvalue weighted by atomic mass is 9.96. The molecule has 0 radical (unpaired) electrons. The zero-order valence-electron chi connectivity index (χ0n) is 11.7. The number of rotatable bonds is 4. The number of aryl methyl sites for hydroxylation is 2. The summed E-state index contributed by atoms with van der Waals surface area (Å²) in [7, 11) is 0. The first-order valence-electron chi connectivity index (χ1n) is 6.77. The Morgan fingerprint density at radius 3 is 2.85 bits per heavy atom. The molecule has 1 saturated heterocycles. The second-order valence-electron chi connectivity index (χ2n) is 5.60. The van der Waals surface area contributed by atoms with Crippen LogP contribution in [0.4, 0.5) is 0 Å². The highest BCUT2D eigenvalue weighted by atomic mass is 16.4. The first kappa shape index (κ1) is 13.1. The number of carboxylic acids is 1. The summed E-state index contributed by atoms with van der Waals surface area (Å²) in [5.74, 6) is 0.310. The summed E-state index contributed by atoms with van der Waals surface area (Å²) in [4.78, 5) is 21.8. The number of imidazole rings is 1. The normalized spacial score (nSPS) is 16.5. The van der Waals surface area contributed by atoms with E-state index in [2.05, 4.69) is 14.9 Å². The van der Waals surface area contributed by atoms with Crippen LogP contribution in [0.15, 0.2) is 12.3 Å². The summed E-state index contributed by atoms with van der Waals surface area (Å²) in [6.45, 7) is 6.45. The van der Waals surface area contributed by atoms with E-state index in [1.165, 1.54) is 0 Å². The summed E-state index contributed by atoms with van der Waals surface area (Å²) >= 11 is 0. The molecule has 1 aliphatic heterocycles. The molecule has 1 N–H and O–H groups in total. The third kappa shape index (κ3) is 2.51. The fraction of sp³-hybridized carbons (Fsp3) is 0.500. The van der Waals surface area contributed by atoms with Crippen LogP contribution in [0.2, 0.25) is 0 Å². The predicted molar refractivity (Wildman–Crippen MR) is 73.5 cm³/mol. The Morgan fingerprint density at radius 2 is 2.15 bits per heavy atom. The molecule has 6 heteroatoms. The van der Waals surface area contributed by atoms with Crippen LogP contribution in [0.5, 0.6) is 0 Å². The van der Waals surface area contributed by atoms with Crippen LogP contribution >= 0.6 is 0 Å². The van der Waals surface area contributed by atoms with Gasteiger partial charge in [0, 0.05) is 37.2 Å². The summed E-state index contributed by atoms with van der Waals surface area (Å²) < 4.78 is 2.00. The minimum absolute atomic E-state index is 0.265. The van der Waals surface area contributed by atoms with Gasteiger partial charge < -0.3 is 5.11 Å². The van der Waals surface area contributed by atoms with E-state index in [4.69, 9.17) is 5.11 Å². The van der Waals surface area contributed by atoms with Gasteiger partial charge >= 0.3 is 5.97 Å². The highest BCUT2D eigenvalue weighted by molar-refractivity contribution is 5.67. The number of carbonyl (C=O) groups is 1. The smallest absolute Gasteiger partial charge is 0.303 e. The predicted octanol–water partition coefficient (Wildman–Crippen LogP) is 1.25. The van der Waals surface area contributed by atoms with E-state index in [-0.39, 0.29) is 12.3 Å². The Bertz CT molecular complexity index is 658. The second kappa shape index (κ2) is 4.86. The van der Waals surface area contributed by atoms with Gasteiger partial charge in [-0.15, -0.1) is 0 Å². The lowest BCUT2D eigenvalue weighted by molar-refractivity contribution is -0.139. The molecule has 0 atom stereocenters. The number of fused-ring (bicyclic) bond motifs is 1. The van der Waals surface area contributed by atoms with Gasteiger partial charge in [0.1, 0.15) is 0 Å². The van der Waals surface area contributed by atoms with E-state index in [0.717, 1.165) is 42.5 Å². The zero-order valence-corrected chi connectivity index (χ0v) is 11.7. The number of aromatic nitrogens is 3. The van der Waals surface area contributed by atoms with Crippen molar-refractivity contribution in [3.8, 4) is 0 Å². The molecule has 0 amide bonds. The highest BCUT2D eigenvalue weighted by Gasteiger charge is 2.28. The van der Waals surface area contributed by atoms with Crippen molar-refractivity contribution in [1.82, 2.24) is 19.3 Å². The van der Waals surface area contributed by atoms with Gasteiger partial charge in [0.05, 0.1) is 12.1 Å². The summed E-state index contributed by atoms with van der Waals surface area (Å²) in [5.41, 5.74) is 3.08. The van der Waals surface area contributed by atoms with Gasteiger partial charge in [-0.2, -0.15) is 0 Å². The summed E-state index contributed by atoms with van der Waals surface area (Å²) in [6.07, 6.45) is 2.28. The van der Waals surface area contributed by atoms with Gasteiger partial charge in [0.15, 0.2) is 0 Å². The van der Waals surface area contributed by atoms with Crippen molar-refractivity contribution < 1.29 is 9.90 Å². The second-order valence-corrected chi connectivity index (χ2v) is 5.60. The van der Waals surface area contributed by atoms with Crippen molar-refractivity contribution in [3.63, 3.8) is 0 Å². The van der Waals surface area contributed by atoms with Crippen LogP contribution in [-0.2, 0) is 11.3 Å². The molecule has 2 aromatic rings. The Morgan fingerprint density at radius 1 is 1.40 bits per heavy atom. The molecule has 0 saturated carbocycles. The lowest BCUT2D eigenvalue weighted by Gasteiger charge is -2.38. The Hall–Kier alpha value is -1.95. The largest absolute Gasteiger partial charge is 0.481 e. The standard InChI is InChI=1S/C14H18N4O2/c1-9-3-10(2)18-8-12(16-14(18)15-9)7-17-5-11(6-17)4-13(19)20/h3,8,11H,4-7H2,1-2H3,(H,19,20). The van der Waals surface area contributed by atoms with Crippen LogP contribution in [-0.4, -0.2) is 43.4 Å². The molecule has 0 bridgehead atoms. The average molecular weight is 274 g/mol. The van der Waals surface area contributed by atoms with Crippen LogP contribution in [0, 0.1) is 19.8 Å². The van der Waals surface area contributed by atoms with Crippen molar-refractivity contribution in [3.05, 3.63) is 29.3 Å². The molecular formula is C14H18N4O2. The van der Waals surface area contributed by atoms with Crippen LogP contribution in [0.3, 0.4) is 0 Å². The van der Waals surface area contributed by atoms with Gasteiger partial charge in [0.2, 0.25) is 5.78 Å². The molecule has 20 heavy (non-hydrogen) atoms. The first-order chi connectivity index (χ1) is 9.51. The molecule has 0 unspecified atom stereocenters. The van der Waals surface area contributed by atoms with E-state index in [1.807, 2.05) is 30.5 Å². The van der Waals surface area contributed by atoms with Gasteiger partial charge in [-0.05, 0) is 25.8 Å². The molecule has 1 aliphatic rings. The molecule has 0 spiro atoms. The van der Waals surface area contributed by atoms with E-state index in [1.54, 1.807) is 0 Å². The van der Waals surface area contributed by atoms with Crippen LogP contribution in [0.1, 0.15) is 23.5 Å². The number of aliphatic carboxylic acids is 1. The highest BCUT2D eigenvalue weighted by Crippen LogP contribution is 2.21. The number of hydrogen-bond donors (Lipinski definition) is 1. The molecule has 0 aliphatic carbocycles. The lowest BCUT2D eigenvalue weighted by Crippen LogP contribution is -2.46. The monoisotopic (exact) mass is 274 g/mol. The number of hydrogen-bond acceptors (Lipinski definition) is 4. The van der Waals surface area contributed by atoms with Gasteiger partial charge in [-0.1, -0.05) is 0 Å². The van der Waals surface area contributed by atoms with Crippen molar-refractivity contribution >= 4 is 11.7 Å². The Kier molecular flexibility index (Phi) is 3.17. The Labute approximate surface area is 117 Å². The summed E-state index contributed by atoms with van der Waals surface area (Å²) in [5, 5.41) is 8.73. The fourth-order valence-electron chi connectivity index (χ4n) is 2.81. The van der Waals surface area contributed by atoms with Gasteiger partial charge in [-0.3, -0.25) is 14.1 Å². The molecular weight excluding hydrogens is 256 g/mol. The third-order valence-electron chi connectivity index (χ3n) is 3.69. The van der Waals surface area contributed by atoms with E-state index >= 15 is 0 Å². The minimum Gasteiger partial charge on any atom is -0.481 e. The molecule has 0 aromatic carbocycles. The molecule has 1 fully saturated rings. The van der Waals surface area contributed by atoms with Crippen molar-refractivity contribution in [1.29, 1.82) is 0 Å². The number of likely N-dealkylation sites (tertiary alicyclic amines) is 1. The number of nitrogens with zero attached hydrogens (tertiary/aromatic N) is 4. The molecule has 2 aromatic heterocycles. The maximum Gasteiger partial charge on any atom is 0.303 e. The van der Waals surface area contributed by atoms with Crippen LogP contribution in [0.25, 0.3) is 5.78 Å². The van der Waals surface area contributed by atoms with Crippen molar-refractivity contribution in [2.24, 2.45) is 5.92 Å². The topological polar surface area (TPSA) is 70.7 Å². The number of carboxylic acid groups (broad SMARTS) is 1. The quantitative estimate of drug-likeness (QED) is 0.908. The van der Waals surface area contributed by atoms with Crippen molar-refractivity contribution in [2.45, 2.75) is 26.8 Å². The third-order valence-corrected chi connectivity index (χ3v) is 3.69. The van der Waals surface area contributed by atoms with Gasteiger partial charge in [0.25, 0.3) is 0 Å². The molecule has 106 valence electrons. The van der Waals surface area contributed by atoms with E-state index < -0.39 is 5.97 Å². The fourth-order valence-corrected chi connectivity index (χ4v) is 2.81. The summed E-state index contributed by atoms with van der Waals surface area (Å²) in [6, 6.07) is 2.03.